The second-order valence-corrected chi connectivity index (χ2v) is 5.71. The minimum atomic E-state index is -0.180. The zero-order valence-electron chi connectivity index (χ0n) is 13.0. The van der Waals surface area contributed by atoms with Crippen molar-refractivity contribution in [2.45, 2.75) is 26.8 Å². The standard InChI is InChI=1S/C18H19N3O/c1-11-5-4-6-14(9-11)18(22)19-13(3)17-20-15-8-7-12(2)10-16(15)21-17/h4-10,13H,1-3H3,(H,19,22)(H,20,21). The summed E-state index contributed by atoms with van der Waals surface area (Å²) in [6.45, 7) is 5.95. The van der Waals surface area contributed by atoms with Crippen molar-refractivity contribution in [2.75, 3.05) is 0 Å². The number of hydrogen-bond acceptors (Lipinski definition) is 2. The zero-order chi connectivity index (χ0) is 15.7. The Bertz CT molecular complexity index is 835. The zero-order valence-corrected chi connectivity index (χ0v) is 13.0. The first kappa shape index (κ1) is 14.3. The molecule has 112 valence electrons. The summed E-state index contributed by atoms with van der Waals surface area (Å²) < 4.78 is 0. The van der Waals surface area contributed by atoms with Gasteiger partial charge in [-0.25, -0.2) is 4.98 Å². The number of imidazole rings is 1. The quantitative estimate of drug-likeness (QED) is 0.774. The van der Waals surface area contributed by atoms with Gasteiger partial charge in [0.2, 0.25) is 0 Å². The van der Waals surface area contributed by atoms with Crippen LogP contribution in [0.15, 0.2) is 42.5 Å². The number of amides is 1. The fourth-order valence-corrected chi connectivity index (χ4v) is 2.48. The monoisotopic (exact) mass is 293 g/mol. The number of nitrogens with one attached hydrogen (secondary N) is 2. The first-order valence-corrected chi connectivity index (χ1v) is 7.37. The molecule has 0 bridgehead atoms. The molecule has 0 radical (unpaired) electrons. The van der Waals surface area contributed by atoms with Crippen LogP contribution < -0.4 is 5.32 Å². The van der Waals surface area contributed by atoms with Crippen LogP contribution >= 0.6 is 0 Å². The number of nitrogens with zero attached hydrogens (tertiary/aromatic N) is 1. The Balaban J connectivity index is 1.80. The second-order valence-electron chi connectivity index (χ2n) is 5.71. The maximum absolute atomic E-state index is 12.3. The molecule has 22 heavy (non-hydrogen) atoms. The third kappa shape index (κ3) is 2.86. The summed E-state index contributed by atoms with van der Waals surface area (Å²) in [5.74, 6) is 0.675. The van der Waals surface area contributed by atoms with E-state index in [1.165, 1.54) is 5.56 Å². The fourth-order valence-electron chi connectivity index (χ4n) is 2.48. The largest absolute Gasteiger partial charge is 0.342 e. The van der Waals surface area contributed by atoms with E-state index in [1.807, 2.05) is 57.2 Å². The van der Waals surface area contributed by atoms with Crippen LogP contribution in [0.2, 0.25) is 0 Å². The smallest absolute Gasteiger partial charge is 0.251 e. The van der Waals surface area contributed by atoms with Crippen LogP contribution in [0.25, 0.3) is 11.0 Å². The number of aromatic amines is 1. The van der Waals surface area contributed by atoms with Gasteiger partial charge in [-0.05, 0) is 50.6 Å². The SMILES string of the molecule is Cc1cccc(C(=O)NC(C)c2nc3ccc(C)cc3[nH]2)c1. The van der Waals surface area contributed by atoms with Crippen molar-refractivity contribution in [1.82, 2.24) is 15.3 Å². The molecular weight excluding hydrogens is 274 g/mol. The van der Waals surface area contributed by atoms with Crippen LogP contribution in [-0.2, 0) is 0 Å². The van der Waals surface area contributed by atoms with E-state index in [2.05, 4.69) is 21.4 Å². The highest BCUT2D eigenvalue weighted by Crippen LogP contribution is 2.17. The van der Waals surface area contributed by atoms with E-state index in [0.29, 0.717) is 5.56 Å². The molecule has 3 aromatic rings. The van der Waals surface area contributed by atoms with E-state index < -0.39 is 0 Å². The first-order chi connectivity index (χ1) is 10.5. The molecule has 0 spiro atoms. The molecular formula is C18H19N3O. The molecule has 0 aliphatic rings. The van der Waals surface area contributed by atoms with Gasteiger partial charge in [-0.15, -0.1) is 0 Å². The predicted octanol–water partition coefficient (Wildman–Crippen LogP) is 3.67. The number of carbonyl (C=O) groups excluding carboxylic acids is 1. The Morgan fingerprint density at radius 2 is 1.91 bits per heavy atom. The molecule has 4 nitrogen and oxygen atoms in total. The molecule has 1 atom stereocenters. The van der Waals surface area contributed by atoms with Gasteiger partial charge in [0.05, 0.1) is 17.1 Å². The Labute approximate surface area is 129 Å². The van der Waals surface area contributed by atoms with E-state index >= 15 is 0 Å². The summed E-state index contributed by atoms with van der Waals surface area (Å²) in [5, 5.41) is 2.98. The molecule has 0 saturated carbocycles. The molecule has 1 amide bonds. The van der Waals surface area contributed by atoms with Crippen molar-refractivity contribution in [3.8, 4) is 0 Å². The number of aromatic nitrogens is 2. The third-order valence-electron chi connectivity index (χ3n) is 3.69. The number of rotatable bonds is 3. The van der Waals surface area contributed by atoms with E-state index in [-0.39, 0.29) is 11.9 Å². The van der Waals surface area contributed by atoms with Crippen molar-refractivity contribution in [1.29, 1.82) is 0 Å². The number of benzene rings is 2. The highest BCUT2D eigenvalue weighted by molar-refractivity contribution is 5.94. The topological polar surface area (TPSA) is 57.8 Å². The Morgan fingerprint density at radius 3 is 2.68 bits per heavy atom. The van der Waals surface area contributed by atoms with Crippen molar-refractivity contribution in [3.63, 3.8) is 0 Å². The van der Waals surface area contributed by atoms with Crippen LogP contribution in [0, 0.1) is 13.8 Å². The molecule has 1 unspecified atom stereocenters. The first-order valence-electron chi connectivity index (χ1n) is 7.37. The van der Waals surface area contributed by atoms with Crippen LogP contribution in [0.1, 0.15) is 40.3 Å². The van der Waals surface area contributed by atoms with Gasteiger partial charge in [-0.3, -0.25) is 4.79 Å². The molecule has 1 aromatic heterocycles. The Kier molecular flexibility index (Phi) is 3.67. The Morgan fingerprint density at radius 1 is 1.14 bits per heavy atom. The number of fused-ring (bicyclic) bond motifs is 1. The second kappa shape index (κ2) is 5.64. The minimum Gasteiger partial charge on any atom is -0.342 e. The van der Waals surface area contributed by atoms with Gasteiger partial charge in [-0.1, -0.05) is 23.8 Å². The number of hydrogen-bond donors (Lipinski definition) is 2. The van der Waals surface area contributed by atoms with Gasteiger partial charge in [0.15, 0.2) is 0 Å². The van der Waals surface area contributed by atoms with Crippen molar-refractivity contribution >= 4 is 16.9 Å². The lowest BCUT2D eigenvalue weighted by Crippen LogP contribution is -2.27. The lowest BCUT2D eigenvalue weighted by atomic mass is 10.1. The van der Waals surface area contributed by atoms with Gasteiger partial charge in [0.1, 0.15) is 5.82 Å². The van der Waals surface area contributed by atoms with Gasteiger partial charge in [0, 0.05) is 5.56 Å². The summed E-state index contributed by atoms with van der Waals surface area (Å²) in [6.07, 6.45) is 0. The predicted molar refractivity (Wildman–Crippen MR) is 87.9 cm³/mol. The lowest BCUT2D eigenvalue weighted by Gasteiger charge is -2.11. The fraction of sp³-hybridized carbons (Fsp3) is 0.222. The van der Waals surface area contributed by atoms with E-state index in [0.717, 1.165) is 22.4 Å². The summed E-state index contributed by atoms with van der Waals surface area (Å²) in [7, 11) is 0. The van der Waals surface area contributed by atoms with Gasteiger partial charge in [-0.2, -0.15) is 0 Å². The maximum Gasteiger partial charge on any atom is 0.251 e. The summed E-state index contributed by atoms with van der Waals surface area (Å²) in [6, 6.07) is 13.5. The number of H-pyrrole nitrogens is 1. The molecule has 3 rings (SSSR count). The molecule has 0 aliphatic carbocycles. The molecule has 1 heterocycles. The summed E-state index contributed by atoms with van der Waals surface area (Å²) >= 11 is 0. The molecule has 2 aromatic carbocycles. The number of aryl methyl sites for hydroxylation is 2. The molecule has 2 N–H and O–H groups in total. The summed E-state index contributed by atoms with van der Waals surface area (Å²) in [4.78, 5) is 20.1. The van der Waals surface area contributed by atoms with Crippen molar-refractivity contribution < 1.29 is 4.79 Å². The average molecular weight is 293 g/mol. The molecule has 0 aliphatic heterocycles. The van der Waals surface area contributed by atoms with Crippen molar-refractivity contribution in [2.24, 2.45) is 0 Å². The minimum absolute atomic E-state index is 0.0900. The molecule has 0 fully saturated rings. The highest BCUT2D eigenvalue weighted by Gasteiger charge is 2.14. The van der Waals surface area contributed by atoms with Gasteiger partial charge < -0.3 is 10.3 Å². The lowest BCUT2D eigenvalue weighted by molar-refractivity contribution is 0.0938. The van der Waals surface area contributed by atoms with Gasteiger partial charge >= 0.3 is 0 Å². The maximum atomic E-state index is 12.3. The molecule has 4 heteroatoms. The van der Waals surface area contributed by atoms with Crippen molar-refractivity contribution in [3.05, 3.63) is 65.0 Å². The van der Waals surface area contributed by atoms with E-state index in [1.54, 1.807) is 0 Å². The van der Waals surface area contributed by atoms with Crippen LogP contribution in [0.3, 0.4) is 0 Å². The number of carbonyl (C=O) groups is 1. The Hall–Kier alpha value is -2.62. The van der Waals surface area contributed by atoms with E-state index in [4.69, 9.17) is 0 Å². The average Bonchev–Trinajstić information content (AvgIpc) is 2.90. The van der Waals surface area contributed by atoms with Crippen LogP contribution in [0.5, 0.6) is 0 Å². The van der Waals surface area contributed by atoms with Crippen LogP contribution in [-0.4, -0.2) is 15.9 Å². The summed E-state index contributed by atoms with van der Waals surface area (Å²) in [5.41, 5.74) is 4.82. The molecule has 0 saturated heterocycles. The normalized spacial score (nSPS) is 12.3. The highest BCUT2D eigenvalue weighted by atomic mass is 16.1. The van der Waals surface area contributed by atoms with E-state index in [9.17, 15) is 4.79 Å². The van der Waals surface area contributed by atoms with Gasteiger partial charge in [0.25, 0.3) is 5.91 Å². The third-order valence-corrected chi connectivity index (χ3v) is 3.69. The van der Waals surface area contributed by atoms with Crippen LogP contribution in [0.4, 0.5) is 0 Å².